The Morgan fingerprint density at radius 3 is 2.48 bits per heavy atom. The van der Waals surface area contributed by atoms with Gasteiger partial charge in [0, 0.05) is 19.2 Å². The van der Waals surface area contributed by atoms with Gasteiger partial charge in [-0.1, -0.05) is 11.3 Å². The predicted octanol–water partition coefficient (Wildman–Crippen LogP) is 1.65. The van der Waals surface area contributed by atoms with Gasteiger partial charge in [-0.3, -0.25) is 0 Å². The fourth-order valence-corrected chi connectivity index (χ4v) is 4.05. The summed E-state index contributed by atoms with van der Waals surface area (Å²) in [4.78, 5) is -0.293. The number of hydrogen-bond donors (Lipinski definition) is 1. The predicted molar refractivity (Wildman–Crippen MR) is 86.2 cm³/mol. The summed E-state index contributed by atoms with van der Waals surface area (Å²) in [6, 6.07) is 3.96. The van der Waals surface area contributed by atoms with Gasteiger partial charge in [0.25, 0.3) is 0 Å². The number of aromatic nitrogens is 3. The van der Waals surface area contributed by atoms with Crippen LogP contribution in [-0.2, 0) is 15.6 Å². The van der Waals surface area contributed by atoms with Crippen molar-refractivity contribution in [3.63, 3.8) is 0 Å². The Bertz CT molecular complexity index is 931. The van der Waals surface area contributed by atoms with E-state index in [4.69, 9.17) is 0 Å². The molecule has 0 radical (unpaired) electrons. The summed E-state index contributed by atoms with van der Waals surface area (Å²) in [6.07, 6.45) is -3.37. The quantitative estimate of drug-likeness (QED) is 0.811. The summed E-state index contributed by atoms with van der Waals surface area (Å²) in [5.74, 6) is -0.605. The molecule has 0 spiro atoms. The van der Waals surface area contributed by atoms with Crippen LogP contribution in [0.5, 0.6) is 5.75 Å². The van der Waals surface area contributed by atoms with Gasteiger partial charge >= 0.3 is 6.36 Å². The molecule has 0 aliphatic carbocycles. The summed E-state index contributed by atoms with van der Waals surface area (Å²) in [5, 5.41) is 17.6. The Kier molecular flexibility index (Phi) is 4.68. The first kappa shape index (κ1) is 19.6. The van der Waals surface area contributed by atoms with Crippen LogP contribution >= 0.6 is 0 Å². The fraction of sp³-hybridized carbons (Fsp3) is 0.467. The van der Waals surface area contributed by atoms with Gasteiger partial charge in [-0.2, -0.15) is 4.31 Å². The Balaban J connectivity index is 1.71. The number of rotatable bonds is 5. The monoisotopic (exact) mass is 406 g/mol. The molecule has 27 heavy (non-hydrogen) atoms. The number of aliphatic hydroxyl groups is 1. The van der Waals surface area contributed by atoms with E-state index in [-0.39, 0.29) is 24.0 Å². The first-order valence-corrected chi connectivity index (χ1v) is 9.31. The molecule has 0 bridgehead atoms. The van der Waals surface area contributed by atoms with E-state index in [1.807, 2.05) is 0 Å². The number of ether oxygens (including phenoxy) is 1. The van der Waals surface area contributed by atoms with E-state index < -0.39 is 27.7 Å². The van der Waals surface area contributed by atoms with Crippen molar-refractivity contribution in [2.24, 2.45) is 0 Å². The minimum Gasteiger partial charge on any atom is -0.406 e. The third-order valence-electron chi connectivity index (χ3n) is 4.02. The molecule has 1 fully saturated rings. The molecule has 2 heterocycles. The number of nitrogens with zero attached hydrogens (tertiary/aromatic N) is 4. The standard InChI is InChI=1S/C15H17F3N4O4S/c1-14(2,23)13-9-22(20-19-13)10-7-21(8-10)27(24,25)12-5-3-4-11(6-12)26-15(16,17)18/h3-6,9-10,23H,7-8H2,1-2H3. The van der Waals surface area contributed by atoms with Crippen LogP contribution in [0.2, 0.25) is 0 Å². The summed E-state index contributed by atoms with van der Waals surface area (Å²) < 4.78 is 68.4. The van der Waals surface area contributed by atoms with E-state index in [2.05, 4.69) is 15.0 Å². The van der Waals surface area contributed by atoms with E-state index in [0.29, 0.717) is 5.69 Å². The van der Waals surface area contributed by atoms with Crippen LogP contribution in [0.4, 0.5) is 13.2 Å². The zero-order chi connectivity index (χ0) is 20.0. The van der Waals surface area contributed by atoms with Gasteiger partial charge in [-0.15, -0.1) is 18.3 Å². The molecule has 1 N–H and O–H groups in total. The topological polar surface area (TPSA) is 97.5 Å². The molecule has 3 rings (SSSR count). The summed E-state index contributed by atoms with van der Waals surface area (Å²) in [6.45, 7) is 3.27. The molecule has 1 aliphatic rings. The van der Waals surface area contributed by atoms with E-state index in [0.717, 1.165) is 16.4 Å². The van der Waals surface area contributed by atoms with Crippen LogP contribution in [0.25, 0.3) is 0 Å². The van der Waals surface area contributed by atoms with Crippen LogP contribution in [-0.4, -0.2) is 52.3 Å². The lowest BCUT2D eigenvalue weighted by atomic mass is 10.1. The molecule has 1 aromatic heterocycles. The summed E-state index contributed by atoms with van der Waals surface area (Å²) in [5.41, 5.74) is -0.826. The minimum atomic E-state index is -4.91. The molecular weight excluding hydrogens is 389 g/mol. The number of halogens is 3. The molecule has 12 heteroatoms. The molecule has 0 saturated carbocycles. The van der Waals surface area contributed by atoms with Gasteiger partial charge in [0.05, 0.1) is 17.1 Å². The van der Waals surface area contributed by atoms with Gasteiger partial charge in [0.2, 0.25) is 10.0 Å². The Hall–Kier alpha value is -2.18. The lowest BCUT2D eigenvalue weighted by Crippen LogP contribution is -2.50. The zero-order valence-corrected chi connectivity index (χ0v) is 15.2. The maximum Gasteiger partial charge on any atom is 0.573 e. The van der Waals surface area contributed by atoms with E-state index in [1.54, 1.807) is 13.8 Å². The number of benzene rings is 1. The van der Waals surface area contributed by atoms with Gasteiger partial charge in [-0.25, -0.2) is 13.1 Å². The van der Waals surface area contributed by atoms with Crippen LogP contribution in [0.3, 0.4) is 0 Å². The maximum atomic E-state index is 12.6. The van der Waals surface area contributed by atoms with Crippen molar-refractivity contribution in [3.05, 3.63) is 36.2 Å². The highest BCUT2D eigenvalue weighted by Crippen LogP contribution is 2.31. The molecular formula is C15H17F3N4O4S. The van der Waals surface area contributed by atoms with E-state index >= 15 is 0 Å². The largest absolute Gasteiger partial charge is 0.573 e. The van der Waals surface area contributed by atoms with Crippen LogP contribution in [0.1, 0.15) is 25.6 Å². The van der Waals surface area contributed by atoms with Gasteiger partial charge in [0.1, 0.15) is 17.0 Å². The van der Waals surface area contributed by atoms with Crippen molar-refractivity contribution in [1.82, 2.24) is 19.3 Å². The van der Waals surface area contributed by atoms with Crippen molar-refractivity contribution >= 4 is 10.0 Å². The lowest BCUT2D eigenvalue weighted by Gasteiger charge is -2.37. The van der Waals surface area contributed by atoms with Crippen molar-refractivity contribution in [2.75, 3.05) is 13.1 Å². The number of hydrogen-bond acceptors (Lipinski definition) is 6. The molecule has 1 saturated heterocycles. The third-order valence-corrected chi connectivity index (χ3v) is 5.84. The first-order chi connectivity index (χ1) is 12.4. The van der Waals surface area contributed by atoms with E-state index in [1.165, 1.54) is 23.0 Å². The fourth-order valence-electron chi connectivity index (χ4n) is 2.50. The first-order valence-electron chi connectivity index (χ1n) is 7.87. The normalized spacial score (nSPS) is 17.0. The number of alkyl halides is 3. The maximum absolute atomic E-state index is 12.6. The third kappa shape index (κ3) is 4.22. The second-order valence-corrected chi connectivity index (χ2v) is 8.58. The van der Waals surface area contributed by atoms with Crippen LogP contribution in [0.15, 0.2) is 35.4 Å². The second kappa shape index (κ2) is 6.46. The number of sulfonamides is 1. The molecule has 148 valence electrons. The second-order valence-electron chi connectivity index (χ2n) is 6.64. The minimum absolute atomic E-state index is 0.0847. The summed E-state index contributed by atoms with van der Waals surface area (Å²) >= 11 is 0. The van der Waals surface area contributed by atoms with Crippen molar-refractivity contribution in [1.29, 1.82) is 0 Å². The highest BCUT2D eigenvalue weighted by atomic mass is 32.2. The Morgan fingerprint density at radius 2 is 1.93 bits per heavy atom. The highest BCUT2D eigenvalue weighted by molar-refractivity contribution is 7.89. The van der Waals surface area contributed by atoms with Crippen molar-refractivity contribution < 1.29 is 31.4 Å². The Labute approximate surface area is 153 Å². The molecule has 0 amide bonds. The smallest absolute Gasteiger partial charge is 0.406 e. The van der Waals surface area contributed by atoms with Crippen molar-refractivity contribution in [2.45, 2.75) is 36.7 Å². The average Bonchev–Trinajstić information content (AvgIpc) is 2.93. The Morgan fingerprint density at radius 1 is 1.26 bits per heavy atom. The highest BCUT2D eigenvalue weighted by Gasteiger charge is 2.39. The van der Waals surface area contributed by atoms with Gasteiger partial charge in [0.15, 0.2) is 0 Å². The van der Waals surface area contributed by atoms with E-state index in [9.17, 15) is 26.7 Å². The molecule has 0 atom stereocenters. The summed E-state index contributed by atoms with van der Waals surface area (Å²) in [7, 11) is -3.97. The molecule has 2 aromatic rings. The van der Waals surface area contributed by atoms with Crippen LogP contribution in [0, 0.1) is 0 Å². The molecule has 8 nitrogen and oxygen atoms in total. The van der Waals surface area contributed by atoms with Crippen LogP contribution < -0.4 is 4.74 Å². The zero-order valence-electron chi connectivity index (χ0n) is 14.4. The lowest BCUT2D eigenvalue weighted by molar-refractivity contribution is -0.274. The average molecular weight is 406 g/mol. The van der Waals surface area contributed by atoms with Gasteiger partial charge in [-0.05, 0) is 26.0 Å². The molecule has 1 aromatic carbocycles. The van der Waals surface area contributed by atoms with Gasteiger partial charge < -0.3 is 9.84 Å². The molecule has 0 unspecified atom stereocenters. The molecule has 1 aliphatic heterocycles. The SMILES string of the molecule is CC(C)(O)c1cn(C2CN(S(=O)(=O)c3cccc(OC(F)(F)F)c3)C2)nn1. The van der Waals surface area contributed by atoms with Crippen molar-refractivity contribution in [3.8, 4) is 5.75 Å².